The van der Waals surface area contributed by atoms with Crippen molar-refractivity contribution in [2.24, 2.45) is 0 Å². The highest BCUT2D eigenvalue weighted by Crippen LogP contribution is 2.30. The van der Waals surface area contributed by atoms with Crippen molar-refractivity contribution >= 4 is 30.0 Å². The van der Waals surface area contributed by atoms with Gasteiger partial charge in [-0.25, -0.2) is 0 Å². The smallest absolute Gasteiger partial charge is 0.388 e. The average Bonchev–Trinajstić information content (AvgIpc) is 2.85. The van der Waals surface area contributed by atoms with Crippen molar-refractivity contribution in [1.29, 1.82) is 0 Å². The Morgan fingerprint density at radius 1 is 1.14 bits per heavy atom. The van der Waals surface area contributed by atoms with Gasteiger partial charge >= 0.3 is 6.18 Å². The number of hydrogen-bond donors (Lipinski definition) is 1. The van der Waals surface area contributed by atoms with Crippen molar-refractivity contribution in [2.75, 3.05) is 50.9 Å². The first-order valence-corrected chi connectivity index (χ1v) is 12.0. The van der Waals surface area contributed by atoms with E-state index in [0.29, 0.717) is 31.7 Å². The second-order valence-corrected chi connectivity index (χ2v) is 8.46. The molecule has 7 nitrogen and oxygen atoms in total. The van der Waals surface area contributed by atoms with Gasteiger partial charge in [-0.15, -0.1) is 0 Å². The number of piperazine rings is 1. The van der Waals surface area contributed by atoms with Crippen LogP contribution in [0.25, 0.3) is 0 Å². The highest BCUT2D eigenvalue weighted by atomic mass is 32.2. The first kappa shape index (κ1) is 30.2. The van der Waals surface area contributed by atoms with Crippen LogP contribution in [0.1, 0.15) is 34.8 Å². The maximum absolute atomic E-state index is 12.4. The SMILES string of the molecule is CCCSNc1ccc(C(=O)N2CCN(C=O)CC2)cc1.COC.Cc1cnccc1C(F)(F)F. The Morgan fingerprint density at radius 3 is 2.20 bits per heavy atom. The molecule has 1 N–H and O–H groups in total. The van der Waals surface area contributed by atoms with E-state index in [2.05, 4.69) is 21.4 Å². The summed E-state index contributed by atoms with van der Waals surface area (Å²) < 4.78 is 43.6. The number of nitrogens with zero attached hydrogens (tertiary/aromatic N) is 3. The van der Waals surface area contributed by atoms with Gasteiger partial charge in [0.2, 0.25) is 6.41 Å². The molecule has 0 spiro atoms. The largest absolute Gasteiger partial charge is 0.416 e. The van der Waals surface area contributed by atoms with Gasteiger partial charge in [-0.2, -0.15) is 13.2 Å². The molecule has 1 aromatic heterocycles. The number of carbonyl (C=O) groups is 2. The minimum absolute atomic E-state index is 0.0355. The number of hydrogen-bond acceptors (Lipinski definition) is 6. The van der Waals surface area contributed by atoms with Crippen molar-refractivity contribution in [3.05, 3.63) is 59.4 Å². The second-order valence-electron chi connectivity index (χ2n) is 7.56. The third-order valence-electron chi connectivity index (χ3n) is 4.70. The monoisotopic (exact) mass is 514 g/mol. The quantitative estimate of drug-likeness (QED) is 0.341. The molecule has 0 saturated carbocycles. The van der Waals surface area contributed by atoms with Crippen molar-refractivity contribution < 1.29 is 27.5 Å². The Bertz CT molecular complexity index is 890. The van der Waals surface area contributed by atoms with Gasteiger partial charge in [0.1, 0.15) is 0 Å². The third kappa shape index (κ3) is 11.0. The number of carbonyl (C=O) groups excluding carboxylic acids is 2. The Morgan fingerprint density at radius 2 is 1.74 bits per heavy atom. The lowest BCUT2D eigenvalue weighted by atomic mass is 10.1. The molecule has 0 radical (unpaired) electrons. The fourth-order valence-electron chi connectivity index (χ4n) is 2.92. The van der Waals surface area contributed by atoms with Crippen LogP contribution in [0, 0.1) is 6.92 Å². The van der Waals surface area contributed by atoms with Crippen LogP contribution in [0.3, 0.4) is 0 Å². The number of halogens is 3. The van der Waals surface area contributed by atoms with Crippen LogP contribution in [0.5, 0.6) is 0 Å². The van der Waals surface area contributed by atoms with E-state index in [1.165, 1.54) is 13.1 Å². The predicted octanol–water partition coefficient (Wildman–Crippen LogP) is 4.74. The van der Waals surface area contributed by atoms with Crippen LogP contribution in [0.2, 0.25) is 0 Å². The predicted molar refractivity (Wildman–Crippen MR) is 133 cm³/mol. The summed E-state index contributed by atoms with van der Waals surface area (Å²) in [5.41, 5.74) is 1.24. The lowest BCUT2D eigenvalue weighted by molar-refractivity contribution is -0.138. The van der Waals surface area contributed by atoms with Crippen LogP contribution in [0.4, 0.5) is 18.9 Å². The molecule has 1 fully saturated rings. The molecule has 2 heterocycles. The number of benzene rings is 1. The first-order chi connectivity index (χ1) is 16.7. The van der Waals surface area contributed by atoms with E-state index in [1.54, 1.807) is 36.0 Å². The molecular formula is C24H33F3N4O3S. The Kier molecular flexibility index (Phi) is 13.8. The summed E-state index contributed by atoms with van der Waals surface area (Å²) in [6.07, 6.45) is 0.0446. The molecule has 194 valence electrons. The van der Waals surface area contributed by atoms with Gasteiger partial charge in [-0.05, 0) is 49.2 Å². The topological polar surface area (TPSA) is 74.8 Å². The molecule has 35 heavy (non-hydrogen) atoms. The molecule has 0 bridgehead atoms. The van der Waals surface area contributed by atoms with Gasteiger partial charge in [0.05, 0.1) is 5.56 Å². The fraction of sp³-hybridized carbons (Fsp3) is 0.458. The van der Waals surface area contributed by atoms with Crippen LogP contribution in [-0.2, 0) is 15.7 Å². The second kappa shape index (κ2) is 16.0. The molecule has 2 amide bonds. The highest BCUT2D eigenvalue weighted by Gasteiger charge is 2.31. The molecule has 2 aromatic rings. The molecule has 1 saturated heterocycles. The summed E-state index contributed by atoms with van der Waals surface area (Å²) in [7, 11) is 3.25. The van der Waals surface area contributed by atoms with E-state index >= 15 is 0 Å². The zero-order valence-electron chi connectivity index (χ0n) is 20.5. The van der Waals surface area contributed by atoms with Crippen molar-refractivity contribution in [3.63, 3.8) is 0 Å². The Balaban J connectivity index is 0.000000366. The molecule has 0 unspecified atom stereocenters. The van der Waals surface area contributed by atoms with Gasteiger partial charge in [0.25, 0.3) is 5.91 Å². The van der Waals surface area contributed by atoms with Crippen LogP contribution < -0.4 is 4.72 Å². The molecule has 3 rings (SSSR count). The lowest BCUT2D eigenvalue weighted by Crippen LogP contribution is -2.48. The molecule has 0 aliphatic carbocycles. The van der Waals surface area contributed by atoms with Gasteiger partial charge in [-0.1, -0.05) is 18.9 Å². The van der Waals surface area contributed by atoms with E-state index < -0.39 is 11.7 Å². The summed E-state index contributed by atoms with van der Waals surface area (Å²) in [5, 5.41) is 0. The normalized spacial score (nSPS) is 13.1. The summed E-state index contributed by atoms with van der Waals surface area (Å²) in [4.78, 5) is 30.1. The maximum atomic E-state index is 12.4. The number of aromatic nitrogens is 1. The Hall–Kier alpha value is -2.79. The summed E-state index contributed by atoms with van der Waals surface area (Å²) in [6, 6.07) is 8.52. The standard InChI is InChI=1S/C15H21N3O2S.C7H6F3N.C2H6O/c1-2-11-21-16-14-5-3-13(4-6-14)15(20)18-9-7-17(12-19)8-10-18;1-5-4-11-3-2-6(5)7(8,9)10;1-3-2/h3-6,12,16H,2,7-11H2,1H3;2-4H,1H3;1-2H3. The zero-order valence-corrected chi connectivity index (χ0v) is 21.3. The van der Waals surface area contributed by atoms with Crippen LogP contribution >= 0.6 is 11.9 Å². The molecule has 11 heteroatoms. The number of rotatable bonds is 6. The number of anilines is 1. The Labute approximate surface area is 209 Å². The van der Waals surface area contributed by atoms with Crippen LogP contribution in [-0.4, -0.2) is 73.3 Å². The number of amides is 2. The summed E-state index contributed by atoms with van der Waals surface area (Å²) in [6.45, 7) is 5.95. The minimum atomic E-state index is -4.26. The maximum Gasteiger partial charge on any atom is 0.416 e. The average molecular weight is 515 g/mol. The van der Waals surface area contributed by atoms with Crippen LogP contribution in [0.15, 0.2) is 42.7 Å². The molecule has 0 atom stereocenters. The molecule has 1 aromatic carbocycles. The molecular weight excluding hydrogens is 481 g/mol. The van der Waals surface area contributed by atoms with E-state index in [0.717, 1.165) is 36.5 Å². The first-order valence-electron chi connectivity index (χ1n) is 11.0. The number of aryl methyl sites for hydroxylation is 1. The lowest BCUT2D eigenvalue weighted by Gasteiger charge is -2.32. The number of ether oxygens (including phenoxy) is 1. The van der Waals surface area contributed by atoms with E-state index in [1.807, 2.05) is 24.3 Å². The van der Waals surface area contributed by atoms with Crippen molar-refractivity contribution in [2.45, 2.75) is 26.4 Å². The van der Waals surface area contributed by atoms with E-state index in [9.17, 15) is 22.8 Å². The van der Waals surface area contributed by atoms with Crippen molar-refractivity contribution in [3.8, 4) is 0 Å². The highest BCUT2D eigenvalue weighted by molar-refractivity contribution is 8.00. The molecule has 1 aliphatic heterocycles. The zero-order chi connectivity index (χ0) is 26.3. The van der Waals surface area contributed by atoms with Crippen molar-refractivity contribution in [1.82, 2.24) is 14.8 Å². The number of alkyl halides is 3. The minimum Gasteiger partial charge on any atom is -0.388 e. The third-order valence-corrected chi connectivity index (χ3v) is 5.70. The van der Waals surface area contributed by atoms with Gasteiger partial charge < -0.3 is 19.3 Å². The molecule has 1 aliphatic rings. The number of nitrogens with one attached hydrogen (secondary N) is 1. The summed E-state index contributed by atoms with van der Waals surface area (Å²) >= 11 is 1.67. The van der Waals surface area contributed by atoms with E-state index in [4.69, 9.17) is 0 Å². The fourth-order valence-corrected chi connectivity index (χ4v) is 3.53. The summed E-state index contributed by atoms with van der Waals surface area (Å²) in [5.74, 6) is 1.09. The number of methoxy groups -OCH3 is 1. The van der Waals surface area contributed by atoms with E-state index in [-0.39, 0.29) is 11.5 Å². The number of pyridine rings is 1. The van der Waals surface area contributed by atoms with Gasteiger partial charge in [0, 0.05) is 69.8 Å². The van der Waals surface area contributed by atoms with Gasteiger partial charge in [0.15, 0.2) is 0 Å². The van der Waals surface area contributed by atoms with Gasteiger partial charge in [-0.3, -0.25) is 14.6 Å².